The number of benzene rings is 2. The Kier molecular flexibility index (Phi) is 2.89. The fourth-order valence-electron chi connectivity index (χ4n) is 2.94. The molecule has 0 aliphatic heterocycles. The highest BCUT2D eigenvalue weighted by Crippen LogP contribution is 2.29. The normalized spacial score (nSPS) is 13.4. The van der Waals surface area contributed by atoms with Crippen LogP contribution in [0.5, 0.6) is 0 Å². The van der Waals surface area contributed by atoms with Crippen LogP contribution in [0.2, 0.25) is 0 Å². The lowest BCUT2D eigenvalue weighted by atomic mass is 9.99. The molecule has 0 bridgehead atoms. The molecule has 4 rings (SSSR count). The summed E-state index contributed by atoms with van der Waals surface area (Å²) < 4.78 is 0. The first-order valence-electron chi connectivity index (χ1n) is 7.01. The number of aryl methyl sites for hydroxylation is 2. The van der Waals surface area contributed by atoms with E-state index in [9.17, 15) is 0 Å². The van der Waals surface area contributed by atoms with E-state index in [-0.39, 0.29) is 0 Å². The van der Waals surface area contributed by atoms with E-state index in [0.717, 1.165) is 5.69 Å². The SMILES string of the molecule is c1nc(-c2ccc(-c3ccc4c(c3)CCC4)cc2)cs1. The zero-order valence-electron chi connectivity index (χ0n) is 11.2. The summed E-state index contributed by atoms with van der Waals surface area (Å²) >= 11 is 1.64. The van der Waals surface area contributed by atoms with Gasteiger partial charge in [-0.3, -0.25) is 0 Å². The zero-order chi connectivity index (χ0) is 13.4. The van der Waals surface area contributed by atoms with Crippen LogP contribution < -0.4 is 0 Å². The van der Waals surface area contributed by atoms with Gasteiger partial charge in [-0.1, -0.05) is 42.5 Å². The van der Waals surface area contributed by atoms with Crippen LogP contribution in [0.1, 0.15) is 17.5 Å². The van der Waals surface area contributed by atoms with E-state index in [2.05, 4.69) is 52.8 Å². The lowest BCUT2D eigenvalue weighted by Gasteiger charge is -2.06. The molecule has 0 saturated heterocycles. The number of fused-ring (bicyclic) bond motifs is 1. The first-order valence-corrected chi connectivity index (χ1v) is 7.95. The summed E-state index contributed by atoms with van der Waals surface area (Å²) in [6.45, 7) is 0. The van der Waals surface area contributed by atoms with Crippen LogP contribution in [0.4, 0.5) is 0 Å². The second kappa shape index (κ2) is 4.88. The molecule has 2 aromatic carbocycles. The van der Waals surface area contributed by atoms with Gasteiger partial charge in [-0.15, -0.1) is 11.3 Å². The summed E-state index contributed by atoms with van der Waals surface area (Å²) in [6.07, 6.45) is 3.79. The van der Waals surface area contributed by atoms with Crippen molar-refractivity contribution in [2.45, 2.75) is 19.3 Å². The van der Waals surface area contributed by atoms with E-state index >= 15 is 0 Å². The largest absolute Gasteiger partial charge is 0.245 e. The number of aromatic nitrogens is 1. The van der Waals surface area contributed by atoms with Crippen molar-refractivity contribution >= 4 is 11.3 Å². The van der Waals surface area contributed by atoms with Crippen LogP contribution in [0.15, 0.2) is 53.4 Å². The first-order chi connectivity index (χ1) is 9.90. The van der Waals surface area contributed by atoms with Gasteiger partial charge < -0.3 is 0 Å². The van der Waals surface area contributed by atoms with Crippen molar-refractivity contribution in [3.05, 3.63) is 64.5 Å². The lowest BCUT2D eigenvalue weighted by molar-refractivity contribution is 0.912. The predicted molar refractivity (Wildman–Crippen MR) is 85.0 cm³/mol. The molecule has 0 unspecified atom stereocenters. The number of hydrogen-bond acceptors (Lipinski definition) is 2. The Morgan fingerprint density at radius 2 is 1.55 bits per heavy atom. The molecule has 0 fully saturated rings. The highest BCUT2D eigenvalue weighted by molar-refractivity contribution is 7.07. The van der Waals surface area contributed by atoms with E-state index in [1.54, 1.807) is 11.3 Å². The molecule has 0 amide bonds. The summed E-state index contributed by atoms with van der Waals surface area (Å²) in [5, 5.41) is 2.09. The van der Waals surface area contributed by atoms with E-state index in [1.165, 1.54) is 47.1 Å². The Labute approximate surface area is 122 Å². The fourth-order valence-corrected chi connectivity index (χ4v) is 3.50. The third-order valence-electron chi connectivity index (χ3n) is 4.04. The standard InChI is InChI=1S/C18H15NS/c1-2-13-6-9-17(10-16(13)3-1)14-4-7-15(8-5-14)18-11-20-12-19-18/h4-12H,1-3H2. The van der Waals surface area contributed by atoms with E-state index in [0.29, 0.717) is 0 Å². The van der Waals surface area contributed by atoms with Gasteiger partial charge >= 0.3 is 0 Å². The Hall–Kier alpha value is -1.93. The minimum atomic E-state index is 1.07. The van der Waals surface area contributed by atoms with E-state index in [1.807, 2.05) is 5.51 Å². The number of thiazole rings is 1. The third kappa shape index (κ3) is 2.06. The van der Waals surface area contributed by atoms with Crippen molar-refractivity contribution in [1.82, 2.24) is 4.98 Å². The van der Waals surface area contributed by atoms with Gasteiger partial charge in [-0.25, -0.2) is 4.98 Å². The molecule has 20 heavy (non-hydrogen) atoms. The lowest BCUT2D eigenvalue weighted by Crippen LogP contribution is -1.85. The van der Waals surface area contributed by atoms with Crippen molar-refractivity contribution in [3.8, 4) is 22.4 Å². The van der Waals surface area contributed by atoms with E-state index in [4.69, 9.17) is 0 Å². The molecule has 98 valence electrons. The maximum absolute atomic E-state index is 4.35. The van der Waals surface area contributed by atoms with Crippen molar-refractivity contribution < 1.29 is 0 Å². The number of hydrogen-bond donors (Lipinski definition) is 0. The van der Waals surface area contributed by atoms with E-state index < -0.39 is 0 Å². The van der Waals surface area contributed by atoms with Crippen molar-refractivity contribution in [1.29, 1.82) is 0 Å². The van der Waals surface area contributed by atoms with Gasteiger partial charge in [0.25, 0.3) is 0 Å². The highest BCUT2D eigenvalue weighted by Gasteiger charge is 2.11. The van der Waals surface area contributed by atoms with Crippen LogP contribution in [0.3, 0.4) is 0 Å². The van der Waals surface area contributed by atoms with Gasteiger partial charge in [0.2, 0.25) is 0 Å². The van der Waals surface area contributed by atoms with Gasteiger partial charge in [-0.2, -0.15) is 0 Å². The molecular formula is C18H15NS. The summed E-state index contributed by atoms with van der Waals surface area (Å²) in [4.78, 5) is 4.35. The summed E-state index contributed by atoms with van der Waals surface area (Å²) in [7, 11) is 0. The average Bonchev–Trinajstić information content (AvgIpc) is 3.18. The minimum absolute atomic E-state index is 1.07. The molecule has 2 heteroatoms. The molecule has 1 heterocycles. The summed E-state index contributed by atoms with van der Waals surface area (Å²) in [5.41, 5.74) is 9.82. The summed E-state index contributed by atoms with van der Waals surface area (Å²) in [5.74, 6) is 0. The van der Waals surface area contributed by atoms with Gasteiger partial charge in [-0.05, 0) is 41.5 Å². The van der Waals surface area contributed by atoms with Crippen molar-refractivity contribution in [2.75, 3.05) is 0 Å². The molecule has 0 radical (unpaired) electrons. The molecule has 1 aliphatic carbocycles. The molecule has 1 aliphatic rings. The van der Waals surface area contributed by atoms with Crippen molar-refractivity contribution in [3.63, 3.8) is 0 Å². The highest BCUT2D eigenvalue weighted by atomic mass is 32.1. The Bertz CT molecular complexity index is 727. The smallest absolute Gasteiger partial charge is 0.0811 e. The molecule has 3 aromatic rings. The van der Waals surface area contributed by atoms with Crippen LogP contribution in [-0.2, 0) is 12.8 Å². The molecule has 1 nitrogen and oxygen atoms in total. The fraction of sp³-hybridized carbons (Fsp3) is 0.167. The van der Waals surface area contributed by atoms with Crippen molar-refractivity contribution in [2.24, 2.45) is 0 Å². The maximum atomic E-state index is 4.35. The van der Waals surface area contributed by atoms with Crippen LogP contribution in [0, 0.1) is 0 Å². The molecule has 0 spiro atoms. The maximum Gasteiger partial charge on any atom is 0.0811 e. The average molecular weight is 277 g/mol. The number of nitrogens with zero attached hydrogens (tertiary/aromatic N) is 1. The zero-order valence-corrected chi connectivity index (χ0v) is 12.0. The second-order valence-electron chi connectivity index (χ2n) is 5.29. The van der Waals surface area contributed by atoms with Gasteiger partial charge in [0.05, 0.1) is 11.2 Å². The molecule has 0 atom stereocenters. The van der Waals surface area contributed by atoms with Crippen LogP contribution in [-0.4, -0.2) is 4.98 Å². The minimum Gasteiger partial charge on any atom is -0.245 e. The Morgan fingerprint density at radius 3 is 2.35 bits per heavy atom. The molecular weight excluding hydrogens is 262 g/mol. The third-order valence-corrected chi connectivity index (χ3v) is 4.63. The second-order valence-corrected chi connectivity index (χ2v) is 6.01. The molecule has 0 saturated carbocycles. The topological polar surface area (TPSA) is 12.9 Å². The first kappa shape index (κ1) is 11.9. The van der Waals surface area contributed by atoms with Crippen LogP contribution in [0.25, 0.3) is 22.4 Å². The Morgan fingerprint density at radius 1 is 0.800 bits per heavy atom. The van der Waals surface area contributed by atoms with Gasteiger partial charge in [0, 0.05) is 10.9 Å². The molecule has 1 aromatic heterocycles. The van der Waals surface area contributed by atoms with Gasteiger partial charge in [0.1, 0.15) is 0 Å². The quantitative estimate of drug-likeness (QED) is 0.644. The molecule has 0 N–H and O–H groups in total. The van der Waals surface area contributed by atoms with Crippen LogP contribution >= 0.6 is 11.3 Å². The monoisotopic (exact) mass is 277 g/mol. The summed E-state index contributed by atoms with van der Waals surface area (Å²) in [6, 6.07) is 15.6. The number of rotatable bonds is 2. The predicted octanol–water partition coefficient (Wildman–Crippen LogP) is 4.97. The van der Waals surface area contributed by atoms with Gasteiger partial charge in [0.15, 0.2) is 0 Å². The Balaban J connectivity index is 1.69.